The fourth-order valence-electron chi connectivity index (χ4n) is 3.13. The molecule has 2 aliphatic rings. The van der Waals surface area contributed by atoms with Crippen molar-refractivity contribution in [2.45, 2.75) is 65.0 Å². The van der Waals surface area contributed by atoms with Crippen molar-refractivity contribution >= 4 is 0 Å². The first kappa shape index (κ1) is 16.3. The summed E-state index contributed by atoms with van der Waals surface area (Å²) in [5.41, 5.74) is 0. The Labute approximate surface area is 125 Å². The van der Waals surface area contributed by atoms with Gasteiger partial charge < -0.3 is 10.1 Å². The number of ether oxygens (including phenoxy) is 1. The van der Waals surface area contributed by atoms with E-state index in [1.165, 1.54) is 45.2 Å². The molecule has 0 spiro atoms. The summed E-state index contributed by atoms with van der Waals surface area (Å²) in [4.78, 5) is 2.70. The monoisotopic (exact) mass is 282 g/mol. The molecule has 1 aliphatic carbocycles. The van der Waals surface area contributed by atoms with Gasteiger partial charge in [0.1, 0.15) is 0 Å². The summed E-state index contributed by atoms with van der Waals surface area (Å²) >= 11 is 0. The quantitative estimate of drug-likeness (QED) is 0.658. The van der Waals surface area contributed by atoms with Crippen LogP contribution in [0.25, 0.3) is 0 Å². The van der Waals surface area contributed by atoms with Crippen molar-refractivity contribution < 1.29 is 4.74 Å². The van der Waals surface area contributed by atoms with E-state index >= 15 is 0 Å². The molecule has 0 aromatic rings. The average molecular weight is 282 g/mol. The van der Waals surface area contributed by atoms with Crippen molar-refractivity contribution in [3.8, 4) is 0 Å². The third kappa shape index (κ3) is 5.01. The molecule has 1 saturated carbocycles. The van der Waals surface area contributed by atoms with Gasteiger partial charge in [-0.05, 0) is 37.5 Å². The summed E-state index contributed by atoms with van der Waals surface area (Å²) in [6.07, 6.45) is 6.50. The smallest absolute Gasteiger partial charge is 0.0494 e. The Balaban J connectivity index is 1.67. The van der Waals surface area contributed by atoms with Gasteiger partial charge in [0.2, 0.25) is 0 Å². The summed E-state index contributed by atoms with van der Waals surface area (Å²) in [6.45, 7) is 12.5. The van der Waals surface area contributed by atoms with Gasteiger partial charge in [-0.15, -0.1) is 0 Å². The standard InChI is InChI=1S/C17H34N2O/c1-4-14(3)17-12-19(16(5-2)11-18-17)9-6-10-20-13-15-7-8-15/h14-18H,4-13H2,1-3H3. The lowest BCUT2D eigenvalue weighted by Crippen LogP contribution is -2.58. The molecule has 3 heteroatoms. The van der Waals surface area contributed by atoms with Crippen molar-refractivity contribution in [1.82, 2.24) is 10.2 Å². The van der Waals surface area contributed by atoms with Crippen molar-refractivity contribution in [3.05, 3.63) is 0 Å². The van der Waals surface area contributed by atoms with Gasteiger partial charge in [-0.2, -0.15) is 0 Å². The van der Waals surface area contributed by atoms with Gasteiger partial charge in [0.15, 0.2) is 0 Å². The zero-order valence-corrected chi connectivity index (χ0v) is 13.7. The minimum atomic E-state index is 0.676. The Morgan fingerprint density at radius 2 is 2.10 bits per heavy atom. The van der Waals surface area contributed by atoms with E-state index < -0.39 is 0 Å². The SMILES string of the molecule is CCC(C)C1CN(CCCOCC2CC2)C(CC)CN1. The Morgan fingerprint density at radius 3 is 2.75 bits per heavy atom. The molecule has 3 unspecified atom stereocenters. The fourth-order valence-corrected chi connectivity index (χ4v) is 3.13. The second-order valence-electron chi connectivity index (χ2n) is 6.83. The van der Waals surface area contributed by atoms with Gasteiger partial charge in [0.25, 0.3) is 0 Å². The first-order valence-corrected chi connectivity index (χ1v) is 8.79. The Kier molecular flexibility index (Phi) is 6.79. The normalized spacial score (nSPS) is 29.6. The van der Waals surface area contributed by atoms with Gasteiger partial charge in [0, 0.05) is 44.9 Å². The van der Waals surface area contributed by atoms with E-state index in [1.807, 2.05) is 0 Å². The highest BCUT2D eigenvalue weighted by Crippen LogP contribution is 2.28. The molecular formula is C17H34N2O. The highest BCUT2D eigenvalue weighted by molar-refractivity contribution is 4.87. The van der Waals surface area contributed by atoms with Gasteiger partial charge in [-0.1, -0.05) is 27.2 Å². The van der Waals surface area contributed by atoms with E-state index in [0.717, 1.165) is 37.6 Å². The number of hydrogen-bond donors (Lipinski definition) is 1. The van der Waals surface area contributed by atoms with Crippen molar-refractivity contribution in [3.63, 3.8) is 0 Å². The second-order valence-corrected chi connectivity index (χ2v) is 6.83. The predicted molar refractivity (Wildman–Crippen MR) is 85.1 cm³/mol. The topological polar surface area (TPSA) is 24.5 Å². The largest absolute Gasteiger partial charge is 0.381 e. The first-order valence-electron chi connectivity index (χ1n) is 8.79. The van der Waals surface area contributed by atoms with Crippen LogP contribution >= 0.6 is 0 Å². The number of nitrogens with zero attached hydrogens (tertiary/aromatic N) is 1. The average Bonchev–Trinajstić information content (AvgIpc) is 3.30. The Morgan fingerprint density at radius 1 is 1.30 bits per heavy atom. The number of hydrogen-bond acceptors (Lipinski definition) is 3. The van der Waals surface area contributed by atoms with Crippen molar-refractivity contribution in [2.24, 2.45) is 11.8 Å². The molecule has 0 aromatic carbocycles. The van der Waals surface area contributed by atoms with E-state index in [9.17, 15) is 0 Å². The number of nitrogens with one attached hydrogen (secondary N) is 1. The van der Waals surface area contributed by atoms with Crippen LogP contribution in [0.2, 0.25) is 0 Å². The predicted octanol–water partition coefficient (Wildman–Crippen LogP) is 2.90. The number of piperazine rings is 1. The fraction of sp³-hybridized carbons (Fsp3) is 1.00. The lowest BCUT2D eigenvalue weighted by molar-refractivity contribution is 0.0779. The van der Waals surface area contributed by atoms with Crippen LogP contribution in [-0.4, -0.2) is 49.8 Å². The Bertz CT molecular complexity index is 268. The van der Waals surface area contributed by atoms with Gasteiger partial charge in [-0.25, -0.2) is 0 Å². The summed E-state index contributed by atoms with van der Waals surface area (Å²) < 4.78 is 5.77. The first-order chi connectivity index (χ1) is 9.74. The Hall–Kier alpha value is -0.120. The van der Waals surface area contributed by atoms with E-state index in [4.69, 9.17) is 4.74 Å². The summed E-state index contributed by atoms with van der Waals surface area (Å²) in [5, 5.41) is 3.75. The molecule has 1 saturated heterocycles. The molecule has 118 valence electrons. The van der Waals surface area contributed by atoms with E-state index in [2.05, 4.69) is 31.0 Å². The second kappa shape index (κ2) is 8.35. The van der Waals surface area contributed by atoms with Crippen LogP contribution in [0.15, 0.2) is 0 Å². The van der Waals surface area contributed by atoms with E-state index in [1.54, 1.807) is 0 Å². The summed E-state index contributed by atoms with van der Waals surface area (Å²) in [5.74, 6) is 1.67. The maximum absolute atomic E-state index is 5.77. The molecule has 20 heavy (non-hydrogen) atoms. The maximum Gasteiger partial charge on any atom is 0.0494 e. The minimum absolute atomic E-state index is 0.676. The lowest BCUT2D eigenvalue weighted by Gasteiger charge is -2.42. The molecule has 1 N–H and O–H groups in total. The molecule has 1 heterocycles. The number of rotatable bonds is 9. The lowest BCUT2D eigenvalue weighted by atomic mass is 9.95. The van der Waals surface area contributed by atoms with Crippen LogP contribution in [0.3, 0.4) is 0 Å². The van der Waals surface area contributed by atoms with Gasteiger partial charge in [-0.3, -0.25) is 4.90 Å². The van der Waals surface area contributed by atoms with E-state index in [0.29, 0.717) is 6.04 Å². The molecule has 3 nitrogen and oxygen atoms in total. The summed E-state index contributed by atoms with van der Waals surface area (Å²) in [7, 11) is 0. The zero-order valence-electron chi connectivity index (χ0n) is 13.7. The van der Waals surface area contributed by atoms with Gasteiger partial charge >= 0.3 is 0 Å². The molecule has 0 bridgehead atoms. The van der Waals surface area contributed by atoms with E-state index in [-0.39, 0.29) is 0 Å². The third-order valence-corrected chi connectivity index (χ3v) is 5.15. The van der Waals surface area contributed by atoms with Crippen molar-refractivity contribution in [1.29, 1.82) is 0 Å². The van der Waals surface area contributed by atoms with Crippen LogP contribution in [0.5, 0.6) is 0 Å². The van der Waals surface area contributed by atoms with Crippen LogP contribution in [0.1, 0.15) is 52.9 Å². The van der Waals surface area contributed by atoms with Crippen LogP contribution in [0.4, 0.5) is 0 Å². The maximum atomic E-state index is 5.77. The molecule has 0 amide bonds. The molecule has 2 rings (SSSR count). The third-order valence-electron chi connectivity index (χ3n) is 5.15. The molecule has 3 atom stereocenters. The highest BCUT2D eigenvalue weighted by atomic mass is 16.5. The zero-order chi connectivity index (χ0) is 14.4. The minimum Gasteiger partial charge on any atom is -0.381 e. The molecule has 0 aromatic heterocycles. The molecule has 0 radical (unpaired) electrons. The van der Waals surface area contributed by atoms with Crippen LogP contribution in [-0.2, 0) is 4.74 Å². The molecule has 1 aliphatic heterocycles. The summed E-state index contributed by atoms with van der Waals surface area (Å²) in [6, 6.07) is 1.40. The van der Waals surface area contributed by atoms with Crippen LogP contribution in [0, 0.1) is 11.8 Å². The van der Waals surface area contributed by atoms with Crippen LogP contribution < -0.4 is 5.32 Å². The molecule has 2 fully saturated rings. The van der Waals surface area contributed by atoms with Crippen molar-refractivity contribution in [2.75, 3.05) is 32.8 Å². The van der Waals surface area contributed by atoms with Gasteiger partial charge in [0.05, 0.1) is 0 Å². The molecular weight excluding hydrogens is 248 g/mol. The highest BCUT2D eigenvalue weighted by Gasteiger charge is 2.28.